The Bertz CT molecular complexity index is 320. The van der Waals surface area contributed by atoms with E-state index in [1.165, 1.54) is 30.4 Å². The van der Waals surface area contributed by atoms with Crippen LogP contribution >= 0.6 is 0 Å². The number of nitrogens with one attached hydrogen (secondary N) is 1. The largest absolute Gasteiger partial charge is 0.497 e. The van der Waals surface area contributed by atoms with Crippen molar-refractivity contribution in [2.75, 3.05) is 13.7 Å². The number of rotatable bonds is 3. The SMILES string of the molecule is CCc1cc(OC)cc(C2CCCCN2)c1. The second-order valence-corrected chi connectivity index (χ2v) is 4.47. The Morgan fingerprint density at radius 1 is 1.31 bits per heavy atom. The van der Waals surface area contributed by atoms with Crippen LogP contribution in [0.5, 0.6) is 5.75 Å². The van der Waals surface area contributed by atoms with E-state index >= 15 is 0 Å². The summed E-state index contributed by atoms with van der Waals surface area (Å²) < 4.78 is 5.36. The summed E-state index contributed by atoms with van der Waals surface area (Å²) in [5.41, 5.74) is 2.75. The fraction of sp³-hybridized carbons (Fsp3) is 0.571. The van der Waals surface area contributed by atoms with Gasteiger partial charge in [0, 0.05) is 6.04 Å². The van der Waals surface area contributed by atoms with Gasteiger partial charge in [-0.15, -0.1) is 0 Å². The van der Waals surface area contributed by atoms with Crippen LogP contribution in [0.2, 0.25) is 0 Å². The summed E-state index contributed by atoms with van der Waals surface area (Å²) in [6.07, 6.45) is 4.95. The molecular formula is C14H21NO. The first kappa shape index (κ1) is 11.5. The molecule has 88 valence electrons. The van der Waals surface area contributed by atoms with E-state index in [2.05, 4.69) is 30.4 Å². The molecule has 0 amide bonds. The molecule has 1 unspecified atom stereocenters. The van der Waals surface area contributed by atoms with Crippen LogP contribution in [0.15, 0.2) is 18.2 Å². The number of hydrogen-bond donors (Lipinski definition) is 1. The highest BCUT2D eigenvalue weighted by molar-refractivity contribution is 5.36. The number of methoxy groups -OCH3 is 1. The molecule has 1 saturated heterocycles. The first-order valence-corrected chi connectivity index (χ1v) is 6.24. The Kier molecular flexibility index (Phi) is 3.83. The second-order valence-electron chi connectivity index (χ2n) is 4.47. The minimum absolute atomic E-state index is 0.522. The lowest BCUT2D eigenvalue weighted by Crippen LogP contribution is -2.26. The van der Waals surface area contributed by atoms with E-state index in [0.29, 0.717) is 6.04 Å². The molecule has 1 aliphatic rings. The third kappa shape index (κ3) is 2.56. The zero-order valence-electron chi connectivity index (χ0n) is 10.3. The molecule has 1 aromatic carbocycles. The van der Waals surface area contributed by atoms with Crippen molar-refractivity contribution in [3.63, 3.8) is 0 Å². The average Bonchev–Trinajstić information content (AvgIpc) is 2.39. The molecule has 0 aromatic heterocycles. The molecule has 1 heterocycles. The Labute approximate surface area is 98.0 Å². The second kappa shape index (κ2) is 5.35. The van der Waals surface area contributed by atoms with Gasteiger partial charge in [0.2, 0.25) is 0 Å². The lowest BCUT2D eigenvalue weighted by Gasteiger charge is -2.24. The number of ether oxygens (including phenoxy) is 1. The molecule has 2 heteroatoms. The maximum atomic E-state index is 5.36. The molecule has 2 rings (SSSR count). The molecule has 1 aromatic rings. The lowest BCUT2D eigenvalue weighted by atomic mass is 9.95. The van der Waals surface area contributed by atoms with E-state index in [1.54, 1.807) is 7.11 Å². The van der Waals surface area contributed by atoms with Crippen molar-refractivity contribution in [1.29, 1.82) is 0 Å². The topological polar surface area (TPSA) is 21.3 Å². The standard InChI is InChI=1S/C14H21NO/c1-3-11-8-12(10-13(9-11)16-2)14-6-4-5-7-15-14/h8-10,14-15H,3-7H2,1-2H3. The lowest BCUT2D eigenvalue weighted by molar-refractivity contribution is 0.399. The Balaban J connectivity index is 2.24. The van der Waals surface area contributed by atoms with Crippen LogP contribution in [-0.2, 0) is 6.42 Å². The highest BCUT2D eigenvalue weighted by atomic mass is 16.5. The summed E-state index contributed by atoms with van der Waals surface area (Å²) in [4.78, 5) is 0. The van der Waals surface area contributed by atoms with Crippen molar-refractivity contribution in [2.24, 2.45) is 0 Å². The quantitative estimate of drug-likeness (QED) is 0.843. The summed E-state index contributed by atoms with van der Waals surface area (Å²) in [7, 11) is 1.74. The third-order valence-electron chi connectivity index (χ3n) is 3.35. The van der Waals surface area contributed by atoms with Gasteiger partial charge in [-0.3, -0.25) is 0 Å². The van der Waals surface area contributed by atoms with E-state index in [9.17, 15) is 0 Å². The van der Waals surface area contributed by atoms with Gasteiger partial charge < -0.3 is 10.1 Å². The predicted molar refractivity (Wildman–Crippen MR) is 67.0 cm³/mol. The maximum absolute atomic E-state index is 5.36. The van der Waals surface area contributed by atoms with Crippen molar-refractivity contribution >= 4 is 0 Å². The fourth-order valence-corrected chi connectivity index (χ4v) is 2.35. The molecule has 0 radical (unpaired) electrons. The first-order chi connectivity index (χ1) is 7.83. The number of piperidine rings is 1. The zero-order chi connectivity index (χ0) is 11.4. The number of benzene rings is 1. The summed E-state index contributed by atoms with van der Waals surface area (Å²) in [6, 6.07) is 7.13. The number of aryl methyl sites for hydroxylation is 1. The molecule has 16 heavy (non-hydrogen) atoms. The monoisotopic (exact) mass is 219 g/mol. The first-order valence-electron chi connectivity index (χ1n) is 6.24. The average molecular weight is 219 g/mol. The molecule has 2 nitrogen and oxygen atoms in total. The van der Waals surface area contributed by atoms with Crippen LogP contribution in [0.25, 0.3) is 0 Å². The Morgan fingerprint density at radius 2 is 2.19 bits per heavy atom. The molecule has 0 saturated carbocycles. The van der Waals surface area contributed by atoms with Gasteiger partial charge in [-0.1, -0.05) is 19.4 Å². The molecule has 0 spiro atoms. The fourth-order valence-electron chi connectivity index (χ4n) is 2.35. The van der Waals surface area contributed by atoms with Gasteiger partial charge in [0.15, 0.2) is 0 Å². The van der Waals surface area contributed by atoms with E-state index in [0.717, 1.165) is 18.7 Å². The van der Waals surface area contributed by atoms with Gasteiger partial charge in [0.25, 0.3) is 0 Å². The van der Waals surface area contributed by atoms with Crippen molar-refractivity contribution in [3.05, 3.63) is 29.3 Å². The highest BCUT2D eigenvalue weighted by Gasteiger charge is 2.15. The summed E-state index contributed by atoms with van der Waals surface area (Å²) >= 11 is 0. The van der Waals surface area contributed by atoms with Crippen LogP contribution in [0, 0.1) is 0 Å². The zero-order valence-corrected chi connectivity index (χ0v) is 10.3. The van der Waals surface area contributed by atoms with E-state index in [1.807, 2.05) is 0 Å². The van der Waals surface area contributed by atoms with Crippen molar-refractivity contribution in [3.8, 4) is 5.75 Å². The van der Waals surface area contributed by atoms with Crippen molar-refractivity contribution in [2.45, 2.75) is 38.6 Å². The van der Waals surface area contributed by atoms with Crippen LogP contribution in [0.3, 0.4) is 0 Å². The minimum atomic E-state index is 0.522. The van der Waals surface area contributed by atoms with E-state index in [-0.39, 0.29) is 0 Å². The maximum Gasteiger partial charge on any atom is 0.119 e. The number of hydrogen-bond acceptors (Lipinski definition) is 2. The minimum Gasteiger partial charge on any atom is -0.497 e. The van der Waals surface area contributed by atoms with Crippen LogP contribution in [0.1, 0.15) is 43.4 Å². The van der Waals surface area contributed by atoms with Crippen LogP contribution in [0.4, 0.5) is 0 Å². The van der Waals surface area contributed by atoms with E-state index in [4.69, 9.17) is 4.74 Å². The van der Waals surface area contributed by atoms with Gasteiger partial charge >= 0.3 is 0 Å². The molecule has 0 aliphatic carbocycles. The predicted octanol–water partition coefficient (Wildman–Crippen LogP) is 3.07. The normalized spacial score (nSPS) is 20.8. The molecule has 1 atom stereocenters. The highest BCUT2D eigenvalue weighted by Crippen LogP contribution is 2.27. The molecular weight excluding hydrogens is 198 g/mol. The molecule has 1 N–H and O–H groups in total. The van der Waals surface area contributed by atoms with Crippen LogP contribution < -0.4 is 10.1 Å². The summed E-state index contributed by atoms with van der Waals surface area (Å²) in [6.45, 7) is 3.33. The van der Waals surface area contributed by atoms with E-state index < -0.39 is 0 Å². The molecule has 1 aliphatic heterocycles. The summed E-state index contributed by atoms with van der Waals surface area (Å²) in [5, 5.41) is 3.58. The molecule has 0 bridgehead atoms. The van der Waals surface area contributed by atoms with Gasteiger partial charge in [-0.05, 0) is 49.1 Å². The van der Waals surface area contributed by atoms with Crippen molar-refractivity contribution < 1.29 is 4.74 Å². The van der Waals surface area contributed by atoms with Gasteiger partial charge in [-0.2, -0.15) is 0 Å². The smallest absolute Gasteiger partial charge is 0.119 e. The van der Waals surface area contributed by atoms with Gasteiger partial charge in [-0.25, -0.2) is 0 Å². The Morgan fingerprint density at radius 3 is 2.81 bits per heavy atom. The van der Waals surface area contributed by atoms with Crippen molar-refractivity contribution in [1.82, 2.24) is 5.32 Å². The van der Waals surface area contributed by atoms with Gasteiger partial charge in [0.1, 0.15) is 5.75 Å². The third-order valence-corrected chi connectivity index (χ3v) is 3.35. The van der Waals surface area contributed by atoms with Crippen LogP contribution in [-0.4, -0.2) is 13.7 Å². The molecule has 1 fully saturated rings. The van der Waals surface area contributed by atoms with Gasteiger partial charge in [0.05, 0.1) is 7.11 Å². The Hall–Kier alpha value is -1.02. The summed E-state index contributed by atoms with van der Waals surface area (Å²) in [5.74, 6) is 0.988.